The van der Waals surface area contributed by atoms with Crippen LogP contribution in [0.2, 0.25) is 0 Å². The molecular formula is C20H26FN3O3. The summed E-state index contributed by atoms with van der Waals surface area (Å²) in [6, 6.07) is 5.98. The lowest BCUT2D eigenvalue weighted by Crippen LogP contribution is -2.49. The summed E-state index contributed by atoms with van der Waals surface area (Å²) in [5.41, 5.74) is 2.26. The third kappa shape index (κ3) is 4.72. The smallest absolute Gasteiger partial charge is 0.305 e. The second-order valence-electron chi connectivity index (χ2n) is 6.82. The van der Waals surface area contributed by atoms with E-state index in [2.05, 4.69) is 10.4 Å². The fourth-order valence-corrected chi connectivity index (χ4v) is 3.28. The Hall–Kier alpha value is -2.70. The van der Waals surface area contributed by atoms with Crippen LogP contribution in [0.4, 0.5) is 4.39 Å². The van der Waals surface area contributed by atoms with Crippen molar-refractivity contribution < 1.29 is 19.1 Å². The Labute approximate surface area is 158 Å². The molecule has 0 saturated heterocycles. The molecule has 0 spiro atoms. The molecular weight excluding hydrogens is 349 g/mol. The highest BCUT2D eigenvalue weighted by Gasteiger charge is 2.31. The molecule has 6 nitrogen and oxygen atoms in total. The fourth-order valence-electron chi connectivity index (χ4n) is 3.28. The Balaban J connectivity index is 2.23. The van der Waals surface area contributed by atoms with E-state index < -0.39 is 11.5 Å². The number of amides is 1. The first-order valence-electron chi connectivity index (χ1n) is 9.05. The first-order valence-corrected chi connectivity index (χ1v) is 9.05. The van der Waals surface area contributed by atoms with Crippen LogP contribution in [0.25, 0.3) is 5.69 Å². The Morgan fingerprint density at radius 1 is 1.19 bits per heavy atom. The summed E-state index contributed by atoms with van der Waals surface area (Å²) in [4.78, 5) is 23.8. The second-order valence-corrected chi connectivity index (χ2v) is 6.82. The van der Waals surface area contributed by atoms with E-state index in [0.29, 0.717) is 24.2 Å². The quantitative estimate of drug-likeness (QED) is 0.741. The summed E-state index contributed by atoms with van der Waals surface area (Å²) in [5, 5.41) is 16.5. The lowest BCUT2D eigenvalue weighted by atomic mass is 9.88. The zero-order valence-electron chi connectivity index (χ0n) is 16.2. The maximum atomic E-state index is 13.2. The number of rotatable bonds is 8. The molecule has 0 radical (unpaired) electrons. The van der Waals surface area contributed by atoms with Gasteiger partial charge in [-0.3, -0.25) is 9.59 Å². The number of carboxylic acids is 1. The van der Waals surface area contributed by atoms with Gasteiger partial charge in [0.15, 0.2) is 0 Å². The average Bonchev–Trinajstić information content (AvgIpc) is 2.89. The molecule has 0 saturated carbocycles. The van der Waals surface area contributed by atoms with Gasteiger partial charge < -0.3 is 10.4 Å². The number of carboxylic acid groups (broad SMARTS) is 1. The van der Waals surface area contributed by atoms with Crippen molar-refractivity contribution in [3.63, 3.8) is 0 Å². The van der Waals surface area contributed by atoms with Crippen LogP contribution < -0.4 is 5.32 Å². The Morgan fingerprint density at radius 2 is 1.78 bits per heavy atom. The molecule has 1 aromatic carbocycles. The number of hydrogen-bond acceptors (Lipinski definition) is 3. The molecule has 1 heterocycles. The Morgan fingerprint density at radius 3 is 2.30 bits per heavy atom. The van der Waals surface area contributed by atoms with E-state index in [1.165, 1.54) is 12.1 Å². The maximum Gasteiger partial charge on any atom is 0.305 e. The molecule has 27 heavy (non-hydrogen) atoms. The Bertz CT molecular complexity index is 824. The molecule has 1 amide bonds. The molecule has 0 fully saturated rings. The minimum Gasteiger partial charge on any atom is -0.481 e. The van der Waals surface area contributed by atoms with Crippen molar-refractivity contribution in [2.45, 2.75) is 58.9 Å². The summed E-state index contributed by atoms with van der Waals surface area (Å²) in [5.74, 6) is -1.49. The second kappa shape index (κ2) is 8.33. The largest absolute Gasteiger partial charge is 0.481 e. The van der Waals surface area contributed by atoms with Gasteiger partial charge in [-0.15, -0.1) is 0 Å². The van der Waals surface area contributed by atoms with Crippen molar-refractivity contribution in [1.82, 2.24) is 15.1 Å². The van der Waals surface area contributed by atoms with Gasteiger partial charge in [-0.05, 0) is 51.0 Å². The number of nitrogens with zero attached hydrogens (tertiary/aromatic N) is 2. The van der Waals surface area contributed by atoms with Crippen LogP contribution in [-0.4, -0.2) is 32.3 Å². The van der Waals surface area contributed by atoms with Crippen molar-refractivity contribution in [1.29, 1.82) is 0 Å². The van der Waals surface area contributed by atoms with E-state index in [0.717, 1.165) is 11.3 Å². The standard InChI is InChI=1S/C20H26FN3O3/c1-5-20(6-2,12-19(26)27)22-18(25)11-17-13(3)23-24(14(17)4)16-9-7-15(21)8-10-16/h7-10H,5-6,11-12H2,1-4H3,(H,22,25)(H,26,27). The Kier molecular flexibility index (Phi) is 6.36. The van der Waals surface area contributed by atoms with Crippen LogP contribution in [0.15, 0.2) is 24.3 Å². The number of nitrogens with one attached hydrogen (secondary N) is 1. The highest BCUT2D eigenvalue weighted by molar-refractivity contribution is 5.81. The van der Waals surface area contributed by atoms with E-state index in [-0.39, 0.29) is 24.6 Å². The lowest BCUT2D eigenvalue weighted by Gasteiger charge is -2.31. The number of benzene rings is 1. The van der Waals surface area contributed by atoms with Crippen molar-refractivity contribution in [3.05, 3.63) is 47.0 Å². The van der Waals surface area contributed by atoms with Gasteiger partial charge >= 0.3 is 5.97 Å². The highest BCUT2D eigenvalue weighted by atomic mass is 19.1. The number of hydrogen-bond donors (Lipinski definition) is 2. The van der Waals surface area contributed by atoms with Gasteiger partial charge in [0, 0.05) is 16.8 Å². The van der Waals surface area contributed by atoms with Crippen LogP contribution in [0.5, 0.6) is 0 Å². The number of aryl methyl sites for hydroxylation is 1. The minimum atomic E-state index is -0.935. The van der Waals surface area contributed by atoms with Gasteiger partial charge in [-0.1, -0.05) is 13.8 Å². The first-order chi connectivity index (χ1) is 12.7. The number of carbonyl (C=O) groups excluding carboxylic acids is 1. The highest BCUT2D eigenvalue weighted by Crippen LogP contribution is 2.22. The van der Waals surface area contributed by atoms with Crippen molar-refractivity contribution in [2.24, 2.45) is 0 Å². The lowest BCUT2D eigenvalue weighted by molar-refractivity contribution is -0.139. The molecule has 2 aromatic rings. The fraction of sp³-hybridized carbons (Fsp3) is 0.450. The first kappa shape index (κ1) is 20.6. The summed E-state index contributed by atoms with van der Waals surface area (Å²) < 4.78 is 14.8. The average molecular weight is 375 g/mol. The van der Waals surface area contributed by atoms with Crippen LogP contribution >= 0.6 is 0 Å². The molecule has 0 aliphatic heterocycles. The van der Waals surface area contributed by atoms with E-state index >= 15 is 0 Å². The molecule has 7 heteroatoms. The van der Waals surface area contributed by atoms with Crippen LogP contribution in [0, 0.1) is 19.7 Å². The zero-order chi connectivity index (χ0) is 20.2. The van der Waals surface area contributed by atoms with E-state index in [1.807, 2.05) is 27.7 Å². The van der Waals surface area contributed by atoms with Crippen molar-refractivity contribution >= 4 is 11.9 Å². The third-order valence-electron chi connectivity index (χ3n) is 5.10. The van der Waals surface area contributed by atoms with Gasteiger partial charge in [-0.2, -0.15) is 5.10 Å². The predicted molar refractivity (Wildman–Crippen MR) is 100 cm³/mol. The molecule has 0 unspecified atom stereocenters. The van der Waals surface area contributed by atoms with Crippen molar-refractivity contribution in [3.8, 4) is 5.69 Å². The van der Waals surface area contributed by atoms with Gasteiger partial charge in [0.05, 0.1) is 24.2 Å². The van der Waals surface area contributed by atoms with E-state index in [1.54, 1.807) is 16.8 Å². The maximum absolute atomic E-state index is 13.2. The topological polar surface area (TPSA) is 84.2 Å². The number of carbonyl (C=O) groups is 2. The summed E-state index contributed by atoms with van der Waals surface area (Å²) in [6.07, 6.45) is 1.07. The normalized spacial score (nSPS) is 11.4. The summed E-state index contributed by atoms with van der Waals surface area (Å²) in [6.45, 7) is 7.42. The SMILES string of the molecule is CCC(CC)(CC(=O)O)NC(=O)Cc1c(C)nn(-c2ccc(F)cc2)c1C. The predicted octanol–water partition coefficient (Wildman–Crippen LogP) is 3.32. The molecule has 0 atom stereocenters. The number of aliphatic carboxylic acids is 1. The van der Waals surface area contributed by atoms with Gasteiger partial charge in [-0.25, -0.2) is 9.07 Å². The van der Waals surface area contributed by atoms with Gasteiger partial charge in [0.2, 0.25) is 5.91 Å². The third-order valence-corrected chi connectivity index (χ3v) is 5.10. The zero-order valence-corrected chi connectivity index (χ0v) is 16.2. The number of aromatic nitrogens is 2. The molecule has 0 aliphatic rings. The monoisotopic (exact) mass is 375 g/mol. The van der Waals surface area contributed by atoms with Gasteiger partial charge in [0.1, 0.15) is 5.82 Å². The van der Waals surface area contributed by atoms with Crippen LogP contribution in [-0.2, 0) is 16.0 Å². The molecule has 2 N–H and O–H groups in total. The van der Waals surface area contributed by atoms with Gasteiger partial charge in [0.25, 0.3) is 0 Å². The van der Waals surface area contributed by atoms with E-state index in [4.69, 9.17) is 5.11 Å². The molecule has 146 valence electrons. The van der Waals surface area contributed by atoms with E-state index in [9.17, 15) is 14.0 Å². The molecule has 0 aliphatic carbocycles. The van der Waals surface area contributed by atoms with Crippen LogP contribution in [0.3, 0.4) is 0 Å². The van der Waals surface area contributed by atoms with Crippen molar-refractivity contribution in [2.75, 3.05) is 0 Å². The minimum absolute atomic E-state index is 0.111. The van der Waals surface area contributed by atoms with Crippen LogP contribution in [0.1, 0.15) is 50.1 Å². The number of halogens is 1. The molecule has 1 aromatic heterocycles. The summed E-state index contributed by atoms with van der Waals surface area (Å²) >= 11 is 0. The molecule has 0 bridgehead atoms. The molecule has 2 rings (SSSR count). The summed E-state index contributed by atoms with van der Waals surface area (Å²) in [7, 11) is 0.